The van der Waals surface area contributed by atoms with Crippen LogP contribution in [-0.4, -0.2) is 9.97 Å². The maximum absolute atomic E-state index is 4.10. The lowest BCUT2D eigenvalue weighted by Gasteiger charge is -1.89. The summed E-state index contributed by atoms with van der Waals surface area (Å²) in [7, 11) is 0. The summed E-state index contributed by atoms with van der Waals surface area (Å²) in [5.41, 5.74) is 3.40. The molecule has 92 valence electrons. The van der Waals surface area contributed by atoms with Gasteiger partial charge in [0, 0.05) is 0 Å². The van der Waals surface area contributed by atoms with Crippen LogP contribution in [0.25, 0.3) is 11.0 Å². The Balaban J connectivity index is 0. The number of aromatic amines is 1. The van der Waals surface area contributed by atoms with Crippen LogP contribution >= 0.6 is 0 Å². The Bertz CT molecular complexity index is 350. The molecule has 1 N–H and O–H groups in total. The van der Waals surface area contributed by atoms with Crippen molar-refractivity contribution in [3.63, 3.8) is 0 Å². The van der Waals surface area contributed by atoms with E-state index in [-0.39, 0.29) is 0 Å². The fraction of sp³-hybridized carbons (Fsp3) is 0.500. The molecule has 0 radical (unpaired) electrons. The smallest absolute Gasteiger partial charge is 0.0931 e. The van der Waals surface area contributed by atoms with Crippen molar-refractivity contribution in [2.45, 2.75) is 48.5 Å². The molecule has 0 aliphatic heterocycles. The van der Waals surface area contributed by atoms with E-state index >= 15 is 0 Å². The molecule has 2 aromatic rings. The van der Waals surface area contributed by atoms with Gasteiger partial charge in [0.1, 0.15) is 0 Å². The fourth-order valence-electron chi connectivity index (χ4n) is 1.05. The third-order valence-electron chi connectivity index (χ3n) is 1.58. The average Bonchev–Trinajstić information content (AvgIpc) is 2.84. The molecular weight excluding hydrogens is 196 g/mol. The number of H-pyrrole nitrogens is 1. The number of rotatable bonds is 0. The van der Waals surface area contributed by atoms with Crippen LogP contribution in [-0.2, 0) is 0 Å². The standard InChI is InChI=1S/C8H8N2.3C2H6/c1-6-2-3-7-8(4-6)10-5-9-7;3*1-2/h2-5H,1H3,(H,9,10);3*1-2H3. The summed E-state index contributed by atoms with van der Waals surface area (Å²) in [5, 5.41) is 0. The minimum absolute atomic E-state index is 1.03. The first-order chi connectivity index (χ1) is 7.86. The molecule has 1 aromatic heterocycles. The number of imidazole rings is 1. The van der Waals surface area contributed by atoms with Gasteiger partial charge in [0.15, 0.2) is 0 Å². The molecular formula is C14H26N2. The molecule has 0 aliphatic rings. The van der Waals surface area contributed by atoms with Crippen LogP contribution < -0.4 is 0 Å². The minimum Gasteiger partial charge on any atom is -0.345 e. The summed E-state index contributed by atoms with van der Waals surface area (Å²) in [6.45, 7) is 14.1. The maximum atomic E-state index is 4.10. The molecule has 2 heteroatoms. The Morgan fingerprint density at radius 3 is 2.06 bits per heavy atom. The van der Waals surface area contributed by atoms with Gasteiger partial charge in [-0.1, -0.05) is 47.6 Å². The largest absolute Gasteiger partial charge is 0.345 e. The van der Waals surface area contributed by atoms with Gasteiger partial charge >= 0.3 is 0 Å². The van der Waals surface area contributed by atoms with Gasteiger partial charge < -0.3 is 4.98 Å². The second-order valence-electron chi connectivity index (χ2n) is 2.42. The molecule has 2 rings (SSSR count). The molecule has 2 nitrogen and oxygen atoms in total. The Morgan fingerprint density at radius 1 is 0.938 bits per heavy atom. The second kappa shape index (κ2) is 11.8. The number of nitrogens with zero attached hydrogens (tertiary/aromatic N) is 1. The van der Waals surface area contributed by atoms with Crippen molar-refractivity contribution in [2.75, 3.05) is 0 Å². The number of fused-ring (bicyclic) bond motifs is 1. The van der Waals surface area contributed by atoms with Crippen LogP contribution in [0.2, 0.25) is 0 Å². The van der Waals surface area contributed by atoms with Gasteiger partial charge in [-0.15, -0.1) is 0 Å². The predicted molar refractivity (Wildman–Crippen MR) is 74.9 cm³/mol. The highest BCUT2D eigenvalue weighted by Gasteiger charge is 1.92. The number of hydrogen-bond acceptors (Lipinski definition) is 1. The monoisotopic (exact) mass is 222 g/mol. The van der Waals surface area contributed by atoms with Gasteiger partial charge in [-0.2, -0.15) is 0 Å². The lowest BCUT2D eigenvalue weighted by Crippen LogP contribution is -1.71. The minimum atomic E-state index is 1.03. The Kier molecular flexibility index (Phi) is 12.6. The van der Waals surface area contributed by atoms with Crippen LogP contribution in [0.4, 0.5) is 0 Å². The van der Waals surface area contributed by atoms with Crippen molar-refractivity contribution >= 4 is 11.0 Å². The first-order valence-corrected chi connectivity index (χ1v) is 6.26. The third kappa shape index (κ3) is 5.54. The van der Waals surface area contributed by atoms with Crippen LogP contribution in [0, 0.1) is 6.92 Å². The molecule has 0 atom stereocenters. The average molecular weight is 222 g/mol. The molecule has 0 saturated heterocycles. The first-order valence-electron chi connectivity index (χ1n) is 6.26. The molecule has 1 heterocycles. The van der Waals surface area contributed by atoms with E-state index in [0.717, 1.165) is 11.0 Å². The van der Waals surface area contributed by atoms with Gasteiger partial charge in [0.25, 0.3) is 0 Å². The third-order valence-corrected chi connectivity index (χ3v) is 1.58. The van der Waals surface area contributed by atoms with Crippen molar-refractivity contribution in [3.05, 3.63) is 30.1 Å². The first kappa shape index (κ1) is 17.1. The number of aromatic nitrogens is 2. The highest BCUT2D eigenvalue weighted by molar-refractivity contribution is 5.74. The van der Waals surface area contributed by atoms with E-state index in [4.69, 9.17) is 0 Å². The topological polar surface area (TPSA) is 28.7 Å². The van der Waals surface area contributed by atoms with Crippen molar-refractivity contribution in [2.24, 2.45) is 0 Å². The summed E-state index contributed by atoms with van der Waals surface area (Å²) in [5.74, 6) is 0. The molecule has 0 spiro atoms. The lowest BCUT2D eigenvalue weighted by atomic mass is 10.2. The summed E-state index contributed by atoms with van der Waals surface area (Å²) in [6.07, 6.45) is 1.71. The van der Waals surface area contributed by atoms with E-state index < -0.39 is 0 Å². The fourth-order valence-corrected chi connectivity index (χ4v) is 1.05. The molecule has 0 aliphatic carbocycles. The highest BCUT2D eigenvalue weighted by atomic mass is 14.9. The van der Waals surface area contributed by atoms with E-state index in [1.54, 1.807) is 6.33 Å². The molecule has 16 heavy (non-hydrogen) atoms. The Hall–Kier alpha value is -1.31. The van der Waals surface area contributed by atoms with Gasteiger partial charge in [-0.05, 0) is 24.6 Å². The van der Waals surface area contributed by atoms with E-state index in [9.17, 15) is 0 Å². The van der Waals surface area contributed by atoms with Gasteiger partial charge in [-0.3, -0.25) is 0 Å². The summed E-state index contributed by atoms with van der Waals surface area (Å²) >= 11 is 0. The van der Waals surface area contributed by atoms with Gasteiger partial charge in [-0.25, -0.2) is 4.98 Å². The van der Waals surface area contributed by atoms with Crippen LogP contribution in [0.5, 0.6) is 0 Å². The predicted octanol–water partition coefficient (Wildman–Crippen LogP) is 4.95. The van der Waals surface area contributed by atoms with E-state index in [0.29, 0.717) is 0 Å². The Labute approximate surface area is 100 Å². The maximum Gasteiger partial charge on any atom is 0.0931 e. The van der Waals surface area contributed by atoms with Crippen molar-refractivity contribution in [3.8, 4) is 0 Å². The molecule has 1 aromatic carbocycles. The SMILES string of the molecule is CC.CC.CC.Cc1ccc2nc[nH]c2c1. The van der Waals surface area contributed by atoms with Crippen LogP contribution in [0.15, 0.2) is 24.5 Å². The molecule has 0 fully saturated rings. The normalized spacial score (nSPS) is 7.69. The zero-order chi connectivity index (χ0) is 13.0. The number of benzene rings is 1. The molecule has 0 saturated carbocycles. The summed E-state index contributed by atoms with van der Waals surface area (Å²) < 4.78 is 0. The summed E-state index contributed by atoms with van der Waals surface area (Å²) in [4.78, 5) is 7.15. The van der Waals surface area contributed by atoms with Crippen molar-refractivity contribution < 1.29 is 0 Å². The summed E-state index contributed by atoms with van der Waals surface area (Å²) in [6, 6.07) is 6.16. The number of aryl methyl sites for hydroxylation is 1. The second-order valence-corrected chi connectivity index (χ2v) is 2.42. The molecule has 0 amide bonds. The quantitative estimate of drug-likeness (QED) is 0.671. The van der Waals surface area contributed by atoms with Crippen molar-refractivity contribution in [1.29, 1.82) is 0 Å². The van der Waals surface area contributed by atoms with E-state index in [1.165, 1.54) is 5.56 Å². The zero-order valence-corrected chi connectivity index (χ0v) is 11.8. The van der Waals surface area contributed by atoms with Gasteiger partial charge in [0.05, 0.1) is 17.4 Å². The molecule has 0 unspecified atom stereocenters. The van der Waals surface area contributed by atoms with Crippen LogP contribution in [0.1, 0.15) is 47.1 Å². The zero-order valence-electron chi connectivity index (χ0n) is 11.8. The number of hydrogen-bond donors (Lipinski definition) is 1. The van der Waals surface area contributed by atoms with Gasteiger partial charge in [0.2, 0.25) is 0 Å². The van der Waals surface area contributed by atoms with Crippen LogP contribution in [0.3, 0.4) is 0 Å². The highest BCUT2D eigenvalue weighted by Crippen LogP contribution is 2.09. The van der Waals surface area contributed by atoms with E-state index in [2.05, 4.69) is 29.0 Å². The lowest BCUT2D eigenvalue weighted by molar-refractivity contribution is 1.34. The van der Waals surface area contributed by atoms with Crippen molar-refractivity contribution in [1.82, 2.24) is 9.97 Å². The Morgan fingerprint density at radius 2 is 1.50 bits per heavy atom. The van der Waals surface area contributed by atoms with E-state index in [1.807, 2.05) is 47.6 Å². The molecule has 0 bridgehead atoms. The number of nitrogens with one attached hydrogen (secondary N) is 1.